The average molecular weight is 312 g/mol. The lowest BCUT2D eigenvalue weighted by atomic mass is 10.2. The molecule has 0 aliphatic carbocycles. The van der Waals surface area contributed by atoms with Crippen LogP contribution in [0.4, 0.5) is 10.5 Å². The van der Waals surface area contributed by atoms with Gasteiger partial charge in [-0.15, -0.1) is 0 Å². The van der Waals surface area contributed by atoms with Gasteiger partial charge in [-0.3, -0.25) is 4.79 Å². The monoisotopic (exact) mass is 312 g/mol. The number of para-hydroxylation sites is 1. The third-order valence-electron chi connectivity index (χ3n) is 2.84. The molecule has 2 aromatic carbocycles. The number of nitrogens with zero attached hydrogens (tertiary/aromatic N) is 1. The molecule has 2 aromatic rings. The zero-order valence-corrected chi connectivity index (χ0v) is 13.4. The Labute approximate surface area is 135 Å². The molecule has 0 unspecified atom stereocenters. The summed E-state index contributed by atoms with van der Waals surface area (Å²) in [4.78, 5) is 24.8. The highest BCUT2D eigenvalue weighted by Crippen LogP contribution is 2.16. The van der Waals surface area contributed by atoms with E-state index in [-0.39, 0.29) is 5.91 Å². The van der Waals surface area contributed by atoms with E-state index in [1.807, 2.05) is 12.1 Å². The van der Waals surface area contributed by atoms with Gasteiger partial charge >= 0.3 is 6.09 Å². The van der Waals surface area contributed by atoms with Gasteiger partial charge in [-0.05, 0) is 45.0 Å². The molecule has 2 amide bonds. The molecule has 0 atom stereocenters. The van der Waals surface area contributed by atoms with Crippen molar-refractivity contribution in [3.63, 3.8) is 0 Å². The first-order valence-electron chi connectivity index (χ1n) is 7.31. The molecule has 120 valence electrons. The molecule has 5 nitrogen and oxygen atoms in total. The Bertz CT molecular complexity index is 664. The molecule has 0 fully saturated rings. The number of ether oxygens (including phenoxy) is 1. The molecule has 0 aromatic heterocycles. The molecule has 0 saturated heterocycles. The lowest BCUT2D eigenvalue weighted by Gasteiger charge is -2.26. The predicted octanol–water partition coefficient (Wildman–Crippen LogP) is 3.77. The third kappa shape index (κ3) is 4.85. The number of rotatable bonds is 2. The van der Waals surface area contributed by atoms with E-state index in [1.165, 1.54) is 5.01 Å². The highest BCUT2D eigenvalue weighted by Gasteiger charge is 2.23. The summed E-state index contributed by atoms with van der Waals surface area (Å²) in [5.74, 6) is -0.345. The molecule has 0 heterocycles. The van der Waals surface area contributed by atoms with Gasteiger partial charge in [0.2, 0.25) is 0 Å². The topological polar surface area (TPSA) is 58.6 Å². The van der Waals surface area contributed by atoms with E-state index in [9.17, 15) is 9.59 Å². The zero-order valence-electron chi connectivity index (χ0n) is 13.4. The fraction of sp³-hybridized carbons (Fsp3) is 0.222. The molecule has 0 bridgehead atoms. The van der Waals surface area contributed by atoms with Gasteiger partial charge in [-0.2, -0.15) is 0 Å². The summed E-state index contributed by atoms with van der Waals surface area (Å²) in [6, 6.07) is 17.6. The second kappa shape index (κ2) is 6.96. The summed E-state index contributed by atoms with van der Waals surface area (Å²) in [5, 5.41) is 1.18. The van der Waals surface area contributed by atoms with Gasteiger partial charge in [0.15, 0.2) is 0 Å². The van der Waals surface area contributed by atoms with Gasteiger partial charge < -0.3 is 4.74 Å². The maximum atomic E-state index is 12.7. The standard InChI is InChI=1S/C18H20N2O3/c1-18(2,3)23-17(22)19-20(15-12-8-5-9-13-15)16(21)14-10-6-4-7-11-14/h4-13H,1-3H3,(H,19,22). The smallest absolute Gasteiger partial charge is 0.427 e. The number of carbonyl (C=O) groups excluding carboxylic acids is 2. The SMILES string of the molecule is CC(C)(C)OC(=O)NN(C(=O)c1ccccc1)c1ccccc1. The highest BCUT2D eigenvalue weighted by atomic mass is 16.6. The predicted molar refractivity (Wildman–Crippen MR) is 89.1 cm³/mol. The van der Waals surface area contributed by atoms with Crippen LogP contribution in [0.15, 0.2) is 60.7 Å². The van der Waals surface area contributed by atoms with Crippen molar-refractivity contribution in [3.05, 3.63) is 66.2 Å². The molecule has 1 N–H and O–H groups in total. The van der Waals surface area contributed by atoms with Crippen LogP contribution < -0.4 is 10.4 Å². The summed E-state index contributed by atoms with van der Waals surface area (Å²) in [6.45, 7) is 5.29. The lowest BCUT2D eigenvalue weighted by molar-refractivity contribution is 0.0510. The quantitative estimate of drug-likeness (QED) is 0.859. The molecular weight excluding hydrogens is 292 g/mol. The first kappa shape index (κ1) is 16.5. The number of hydrogen-bond donors (Lipinski definition) is 1. The number of nitrogens with one attached hydrogen (secondary N) is 1. The van der Waals surface area contributed by atoms with Crippen molar-refractivity contribution in [2.45, 2.75) is 26.4 Å². The van der Waals surface area contributed by atoms with Crippen molar-refractivity contribution >= 4 is 17.7 Å². The highest BCUT2D eigenvalue weighted by molar-refractivity contribution is 6.06. The van der Waals surface area contributed by atoms with Crippen molar-refractivity contribution in [2.75, 3.05) is 5.01 Å². The Morgan fingerprint density at radius 2 is 1.43 bits per heavy atom. The zero-order chi connectivity index (χ0) is 16.9. The number of hydrazine groups is 1. The second-order valence-electron chi connectivity index (χ2n) is 5.96. The van der Waals surface area contributed by atoms with Gasteiger partial charge in [0.25, 0.3) is 5.91 Å². The molecule has 2 rings (SSSR count). The van der Waals surface area contributed by atoms with E-state index in [2.05, 4.69) is 5.43 Å². The van der Waals surface area contributed by atoms with E-state index in [1.54, 1.807) is 69.3 Å². The fourth-order valence-electron chi connectivity index (χ4n) is 1.91. The Kier molecular flexibility index (Phi) is 5.01. The number of benzene rings is 2. The van der Waals surface area contributed by atoms with Crippen LogP contribution in [0.1, 0.15) is 31.1 Å². The van der Waals surface area contributed by atoms with Gasteiger partial charge in [-0.25, -0.2) is 15.2 Å². The van der Waals surface area contributed by atoms with Crippen molar-refractivity contribution in [1.82, 2.24) is 5.43 Å². The average Bonchev–Trinajstić information content (AvgIpc) is 2.52. The van der Waals surface area contributed by atoms with Gasteiger partial charge in [0, 0.05) is 5.56 Å². The van der Waals surface area contributed by atoms with Crippen LogP contribution in [0, 0.1) is 0 Å². The molecule has 23 heavy (non-hydrogen) atoms. The van der Waals surface area contributed by atoms with Crippen molar-refractivity contribution < 1.29 is 14.3 Å². The van der Waals surface area contributed by atoms with Gasteiger partial charge in [0.05, 0.1) is 5.69 Å². The maximum absolute atomic E-state index is 12.7. The summed E-state index contributed by atoms with van der Waals surface area (Å²) in [5.41, 5.74) is 2.87. The minimum atomic E-state index is -0.689. The van der Waals surface area contributed by atoms with E-state index < -0.39 is 11.7 Å². The van der Waals surface area contributed by atoms with Crippen LogP contribution >= 0.6 is 0 Å². The summed E-state index contributed by atoms with van der Waals surface area (Å²) in [6.07, 6.45) is -0.689. The van der Waals surface area contributed by atoms with E-state index >= 15 is 0 Å². The minimum Gasteiger partial charge on any atom is -0.443 e. The summed E-state index contributed by atoms with van der Waals surface area (Å²) < 4.78 is 5.23. The number of hydrogen-bond acceptors (Lipinski definition) is 3. The van der Waals surface area contributed by atoms with Crippen molar-refractivity contribution in [2.24, 2.45) is 0 Å². The first-order valence-corrected chi connectivity index (χ1v) is 7.31. The molecule has 0 aliphatic rings. The van der Waals surface area contributed by atoms with Crippen LogP contribution in [0.25, 0.3) is 0 Å². The van der Waals surface area contributed by atoms with Crippen LogP contribution in [0.5, 0.6) is 0 Å². The van der Waals surface area contributed by atoms with Crippen LogP contribution in [0.2, 0.25) is 0 Å². The molecular formula is C18H20N2O3. The number of anilines is 1. The number of amides is 2. The van der Waals surface area contributed by atoms with Crippen molar-refractivity contribution in [1.29, 1.82) is 0 Å². The molecule has 0 spiro atoms. The molecule has 5 heteroatoms. The molecule has 0 saturated carbocycles. The summed E-state index contributed by atoms with van der Waals surface area (Å²) >= 11 is 0. The van der Waals surface area contributed by atoms with E-state index in [4.69, 9.17) is 4.74 Å². The van der Waals surface area contributed by atoms with Crippen LogP contribution in [0.3, 0.4) is 0 Å². The van der Waals surface area contributed by atoms with Gasteiger partial charge in [-0.1, -0.05) is 36.4 Å². The maximum Gasteiger partial charge on any atom is 0.427 e. The largest absolute Gasteiger partial charge is 0.443 e. The second-order valence-corrected chi connectivity index (χ2v) is 5.96. The molecule has 0 aliphatic heterocycles. The van der Waals surface area contributed by atoms with E-state index in [0.29, 0.717) is 11.3 Å². The van der Waals surface area contributed by atoms with Crippen LogP contribution in [-0.4, -0.2) is 17.6 Å². The number of carbonyl (C=O) groups is 2. The minimum absolute atomic E-state index is 0.345. The van der Waals surface area contributed by atoms with Crippen LogP contribution in [-0.2, 0) is 4.74 Å². The van der Waals surface area contributed by atoms with Gasteiger partial charge in [0.1, 0.15) is 5.60 Å². The Hall–Kier alpha value is -2.82. The van der Waals surface area contributed by atoms with Crippen molar-refractivity contribution in [3.8, 4) is 0 Å². The Morgan fingerprint density at radius 1 is 0.913 bits per heavy atom. The first-order chi connectivity index (χ1) is 10.9. The molecule has 0 radical (unpaired) electrons. The third-order valence-corrected chi connectivity index (χ3v) is 2.84. The Balaban J connectivity index is 2.26. The normalized spacial score (nSPS) is 10.7. The van der Waals surface area contributed by atoms with E-state index in [0.717, 1.165) is 0 Å². The summed E-state index contributed by atoms with van der Waals surface area (Å²) in [7, 11) is 0. The Morgan fingerprint density at radius 3 is 1.96 bits per heavy atom. The fourth-order valence-corrected chi connectivity index (χ4v) is 1.91. The lowest BCUT2D eigenvalue weighted by Crippen LogP contribution is -2.48.